The molecule has 29 heavy (non-hydrogen) atoms. The number of nitrogens with one attached hydrogen (secondary N) is 2. The van der Waals surface area contributed by atoms with E-state index in [4.69, 9.17) is 4.74 Å². The molecule has 6 nitrogen and oxygen atoms in total. The third-order valence-corrected chi connectivity index (χ3v) is 4.33. The average Bonchev–Trinajstić information content (AvgIpc) is 2.76. The molecule has 2 aromatic carbocycles. The number of pyridine rings is 1. The van der Waals surface area contributed by atoms with Gasteiger partial charge in [0.05, 0.1) is 12.6 Å². The molecule has 3 rings (SSSR count). The summed E-state index contributed by atoms with van der Waals surface area (Å²) in [6.07, 6.45) is 1.45. The molecule has 1 aromatic heterocycles. The number of carbonyl (C=O) groups excluding carboxylic acids is 2. The van der Waals surface area contributed by atoms with Gasteiger partial charge in [0.1, 0.15) is 11.4 Å². The second kappa shape index (κ2) is 9.50. The topological polar surface area (TPSA) is 80.3 Å². The first-order valence-corrected chi connectivity index (χ1v) is 9.43. The fourth-order valence-corrected chi connectivity index (χ4v) is 2.80. The minimum atomic E-state index is -0.389. The van der Waals surface area contributed by atoms with E-state index in [1.807, 2.05) is 44.2 Å². The summed E-state index contributed by atoms with van der Waals surface area (Å²) in [4.78, 5) is 29.2. The van der Waals surface area contributed by atoms with E-state index in [-0.39, 0.29) is 23.6 Å². The van der Waals surface area contributed by atoms with E-state index in [0.29, 0.717) is 17.9 Å². The molecule has 148 valence electrons. The van der Waals surface area contributed by atoms with E-state index in [0.717, 1.165) is 11.3 Å². The highest BCUT2D eigenvalue weighted by Crippen LogP contribution is 2.17. The number of aromatic nitrogens is 1. The van der Waals surface area contributed by atoms with Crippen molar-refractivity contribution in [2.24, 2.45) is 0 Å². The molecule has 1 atom stereocenters. The van der Waals surface area contributed by atoms with Crippen molar-refractivity contribution in [3.05, 3.63) is 89.7 Å². The van der Waals surface area contributed by atoms with Gasteiger partial charge in [0, 0.05) is 17.4 Å². The molecule has 0 radical (unpaired) electrons. The van der Waals surface area contributed by atoms with Gasteiger partial charge in [0.2, 0.25) is 0 Å². The maximum absolute atomic E-state index is 12.6. The van der Waals surface area contributed by atoms with Crippen LogP contribution in [0, 0.1) is 0 Å². The Morgan fingerprint density at radius 3 is 2.41 bits per heavy atom. The molecule has 0 saturated carbocycles. The van der Waals surface area contributed by atoms with Crippen molar-refractivity contribution in [2.75, 3.05) is 11.9 Å². The Bertz CT molecular complexity index is 972. The molecule has 0 saturated heterocycles. The first kappa shape index (κ1) is 20.1. The zero-order chi connectivity index (χ0) is 20.6. The van der Waals surface area contributed by atoms with Crippen molar-refractivity contribution in [1.29, 1.82) is 0 Å². The molecule has 1 unspecified atom stereocenters. The lowest BCUT2D eigenvalue weighted by molar-refractivity contribution is 0.0939. The largest absolute Gasteiger partial charge is 0.494 e. The molecule has 0 aliphatic rings. The maximum atomic E-state index is 12.6. The van der Waals surface area contributed by atoms with Crippen LogP contribution >= 0.6 is 0 Å². The minimum Gasteiger partial charge on any atom is -0.494 e. The van der Waals surface area contributed by atoms with Crippen molar-refractivity contribution >= 4 is 17.5 Å². The molecule has 0 fully saturated rings. The lowest BCUT2D eigenvalue weighted by Gasteiger charge is -2.14. The Morgan fingerprint density at radius 2 is 1.72 bits per heavy atom. The van der Waals surface area contributed by atoms with Crippen molar-refractivity contribution in [3.63, 3.8) is 0 Å². The predicted molar refractivity (Wildman–Crippen MR) is 112 cm³/mol. The van der Waals surface area contributed by atoms with Crippen LogP contribution in [0.25, 0.3) is 0 Å². The number of hydrogen-bond acceptors (Lipinski definition) is 4. The molecule has 1 heterocycles. The Hall–Kier alpha value is -3.67. The molecule has 0 aliphatic carbocycles. The number of ether oxygens (including phenoxy) is 1. The van der Waals surface area contributed by atoms with Crippen LogP contribution in [0.1, 0.15) is 46.3 Å². The first-order chi connectivity index (χ1) is 14.1. The van der Waals surface area contributed by atoms with E-state index < -0.39 is 0 Å². The molecule has 6 heteroatoms. The highest BCUT2D eigenvalue weighted by atomic mass is 16.5. The van der Waals surface area contributed by atoms with Crippen LogP contribution in [-0.4, -0.2) is 23.4 Å². The molecule has 2 amide bonds. The second-order valence-electron chi connectivity index (χ2n) is 6.45. The van der Waals surface area contributed by atoms with E-state index in [9.17, 15) is 9.59 Å². The summed E-state index contributed by atoms with van der Waals surface area (Å²) < 4.78 is 5.39. The molecular formula is C23H23N3O3. The Labute approximate surface area is 169 Å². The zero-order valence-electron chi connectivity index (χ0n) is 16.4. The number of nitrogens with zero attached hydrogens (tertiary/aromatic N) is 1. The van der Waals surface area contributed by atoms with E-state index in [1.54, 1.807) is 30.3 Å². The minimum absolute atomic E-state index is 0.155. The quantitative estimate of drug-likeness (QED) is 0.634. The van der Waals surface area contributed by atoms with Gasteiger partial charge in [-0.25, -0.2) is 0 Å². The van der Waals surface area contributed by atoms with Gasteiger partial charge >= 0.3 is 0 Å². The average molecular weight is 389 g/mol. The van der Waals surface area contributed by atoms with Gasteiger partial charge in [0.25, 0.3) is 11.8 Å². The molecule has 0 aliphatic heterocycles. The highest BCUT2D eigenvalue weighted by Gasteiger charge is 2.14. The standard InChI is InChI=1S/C23H23N3O3/c1-3-29-20-11-9-19(10-12-20)26-23(28)21-15-18(13-14-24-21)22(27)25-16(2)17-7-5-4-6-8-17/h4-16H,3H2,1-2H3,(H,25,27)(H,26,28). The summed E-state index contributed by atoms with van der Waals surface area (Å²) in [7, 11) is 0. The van der Waals surface area contributed by atoms with E-state index in [2.05, 4.69) is 15.6 Å². The van der Waals surface area contributed by atoms with Crippen molar-refractivity contribution in [1.82, 2.24) is 10.3 Å². The van der Waals surface area contributed by atoms with Gasteiger partial charge in [0.15, 0.2) is 0 Å². The van der Waals surface area contributed by atoms with Gasteiger partial charge in [-0.1, -0.05) is 30.3 Å². The number of carbonyl (C=O) groups is 2. The summed E-state index contributed by atoms with van der Waals surface area (Å²) in [6, 6.07) is 19.7. The summed E-state index contributed by atoms with van der Waals surface area (Å²) in [5, 5.41) is 5.71. The van der Waals surface area contributed by atoms with E-state index in [1.165, 1.54) is 12.3 Å². The van der Waals surface area contributed by atoms with Crippen LogP contribution in [0.3, 0.4) is 0 Å². The number of anilines is 1. The summed E-state index contributed by atoms with van der Waals surface area (Å²) in [5.74, 6) is 0.0774. The Kier molecular flexibility index (Phi) is 6.58. The van der Waals surface area contributed by atoms with Crippen molar-refractivity contribution < 1.29 is 14.3 Å². The van der Waals surface area contributed by atoms with Gasteiger partial charge in [-0.2, -0.15) is 0 Å². The van der Waals surface area contributed by atoms with Gasteiger partial charge < -0.3 is 15.4 Å². The van der Waals surface area contributed by atoms with E-state index >= 15 is 0 Å². The van der Waals surface area contributed by atoms with Crippen LogP contribution < -0.4 is 15.4 Å². The Balaban J connectivity index is 1.66. The lowest BCUT2D eigenvalue weighted by atomic mass is 10.1. The van der Waals surface area contributed by atoms with Crippen molar-refractivity contribution in [3.8, 4) is 5.75 Å². The SMILES string of the molecule is CCOc1ccc(NC(=O)c2cc(C(=O)NC(C)c3ccccc3)ccn2)cc1. The number of amides is 2. The predicted octanol–water partition coefficient (Wildman–Crippen LogP) is 4.22. The van der Waals surface area contributed by atoms with Gasteiger partial charge in [-0.15, -0.1) is 0 Å². The normalized spacial score (nSPS) is 11.4. The number of rotatable bonds is 7. The number of benzene rings is 2. The third kappa shape index (κ3) is 5.42. The fourth-order valence-electron chi connectivity index (χ4n) is 2.80. The van der Waals surface area contributed by atoms with Crippen LogP contribution in [0.2, 0.25) is 0 Å². The molecule has 3 aromatic rings. The summed E-state index contributed by atoms with van der Waals surface area (Å²) in [5.41, 5.74) is 2.16. The van der Waals surface area contributed by atoms with Crippen LogP contribution in [-0.2, 0) is 0 Å². The second-order valence-corrected chi connectivity index (χ2v) is 6.45. The smallest absolute Gasteiger partial charge is 0.274 e. The summed E-state index contributed by atoms with van der Waals surface area (Å²) >= 11 is 0. The maximum Gasteiger partial charge on any atom is 0.274 e. The third-order valence-electron chi connectivity index (χ3n) is 4.33. The monoisotopic (exact) mass is 389 g/mol. The molecule has 2 N–H and O–H groups in total. The van der Waals surface area contributed by atoms with Gasteiger partial charge in [-0.05, 0) is 55.8 Å². The van der Waals surface area contributed by atoms with Gasteiger partial charge in [-0.3, -0.25) is 14.6 Å². The molecule has 0 bridgehead atoms. The number of hydrogen-bond donors (Lipinski definition) is 2. The zero-order valence-corrected chi connectivity index (χ0v) is 16.4. The van der Waals surface area contributed by atoms with Crippen molar-refractivity contribution in [2.45, 2.75) is 19.9 Å². The van der Waals surface area contributed by atoms with Crippen LogP contribution in [0.15, 0.2) is 72.9 Å². The molecular weight excluding hydrogens is 366 g/mol. The lowest BCUT2D eigenvalue weighted by Crippen LogP contribution is -2.27. The highest BCUT2D eigenvalue weighted by molar-refractivity contribution is 6.04. The molecule has 0 spiro atoms. The summed E-state index contributed by atoms with van der Waals surface area (Å²) in [6.45, 7) is 4.40. The first-order valence-electron chi connectivity index (χ1n) is 9.43. The Morgan fingerprint density at radius 1 is 1.00 bits per heavy atom. The van der Waals surface area contributed by atoms with Crippen LogP contribution in [0.5, 0.6) is 5.75 Å². The fraction of sp³-hybridized carbons (Fsp3) is 0.174. The van der Waals surface area contributed by atoms with Crippen LogP contribution in [0.4, 0.5) is 5.69 Å².